The van der Waals surface area contributed by atoms with Gasteiger partial charge in [0, 0.05) is 32.7 Å². The molecule has 2 amide bonds. The van der Waals surface area contributed by atoms with Crippen LogP contribution < -0.4 is 5.73 Å². The van der Waals surface area contributed by atoms with Crippen LogP contribution in [0, 0.1) is 0 Å². The van der Waals surface area contributed by atoms with Gasteiger partial charge in [-0.15, -0.1) is 0 Å². The van der Waals surface area contributed by atoms with Gasteiger partial charge < -0.3 is 20.3 Å². The van der Waals surface area contributed by atoms with Crippen molar-refractivity contribution in [3.63, 3.8) is 0 Å². The van der Waals surface area contributed by atoms with E-state index in [1.54, 1.807) is 14.5 Å². The first-order chi connectivity index (χ1) is 9.58. The van der Waals surface area contributed by atoms with E-state index in [9.17, 15) is 9.59 Å². The predicted octanol–water partition coefficient (Wildman–Crippen LogP) is 0.00940. The van der Waals surface area contributed by atoms with Crippen LogP contribution in [0.5, 0.6) is 0 Å². The normalized spacial score (nSPS) is 15.3. The molecule has 1 fully saturated rings. The summed E-state index contributed by atoms with van der Waals surface area (Å²) < 4.78 is 6.25. The van der Waals surface area contributed by atoms with E-state index in [0.717, 1.165) is 0 Å². The van der Waals surface area contributed by atoms with Crippen LogP contribution in [0.4, 0.5) is 10.5 Å². The molecule has 1 saturated heterocycles. The zero-order chi connectivity index (χ0) is 14.7. The number of carbonyl (C=O) groups excluding carboxylic acids is 2. The highest BCUT2D eigenvalue weighted by atomic mass is 16.5. The lowest BCUT2D eigenvalue weighted by atomic mass is 10.2. The number of piperazine rings is 1. The highest BCUT2D eigenvalue weighted by Gasteiger charge is 2.28. The Labute approximate surface area is 117 Å². The van der Waals surface area contributed by atoms with Gasteiger partial charge in [0.15, 0.2) is 0 Å². The molecule has 1 aliphatic heterocycles. The first-order valence-electron chi connectivity index (χ1n) is 6.52. The van der Waals surface area contributed by atoms with Crippen LogP contribution in [0.1, 0.15) is 17.4 Å². The quantitative estimate of drug-likeness (QED) is 0.824. The number of nitrogen functional groups attached to an aromatic ring is 1. The standard InChI is InChI=1S/C12H19N5O3/c1-3-17-10(9(13)8-14-17)11(18)15-4-6-16(7-5-15)12(19)20-2/h8H,3-7,13H2,1-2H3. The number of nitrogens with two attached hydrogens (primary N) is 1. The first kappa shape index (κ1) is 14.2. The Hall–Kier alpha value is -2.25. The third-order valence-electron chi connectivity index (χ3n) is 3.37. The van der Waals surface area contributed by atoms with E-state index in [1.165, 1.54) is 13.3 Å². The van der Waals surface area contributed by atoms with E-state index in [-0.39, 0.29) is 12.0 Å². The van der Waals surface area contributed by atoms with E-state index in [2.05, 4.69) is 9.84 Å². The molecule has 8 heteroatoms. The van der Waals surface area contributed by atoms with Gasteiger partial charge in [0.2, 0.25) is 0 Å². The fraction of sp³-hybridized carbons (Fsp3) is 0.583. The summed E-state index contributed by atoms with van der Waals surface area (Å²) in [6, 6.07) is 0. The molecule has 0 saturated carbocycles. The molecule has 2 N–H and O–H groups in total. The van der Waals surface area contributed by atoms with Gasteiger partial charge in [-0.3, -0.25) is 9.48 Å². The number of hydrogen-bond acceptors (Lipinski definition) is 5. The molecule has 0 radical (unpaired) electrons. The Morgan fingerprint density at radius 1 is 1.30 bits per heavy atom. The molecule has 0 unspecified atom stereocenters. The summed E-state index contributed by atoms with van der Waals surface area (Å²) in [5, 5.41) is 4.07. The second kappa shape index (κ2) is 5.81. The summed E-state index contributed by atoms with van der Waals surface area (Å²) in [4.78, 5) is 27.1. The van der Waals surface area contributed by atoms with Crippen LogP contribution in [0.3, 0.4) is 0 Å². The molecule has 1 aromatic rings. The summed E-state index contributed by atoms with van der Waals surface area (Å²) in [6.07, 6.45) is 1.12. The molecule has 2 rings (SSSR count). The van der Waals surface area contributed by atoms with Gasteiger partial charge >= 0.3 is 6.09 Å². The van der Waals surface area contributed by atoms with Gasteiger partial charge in [0.05, 0.1) is 19.0 Å². The number of carbonyl (C=O) groups is 2. The second-order valence-electron chi connectivity index (χ2n) is 4.51. The number of ether oxygens (including phenoxy) is 1. The topological polar surface area (TPSA) is 93.7 Å². The van der Waals surface area contributed by atoms with Crippen molar-refractivity contribution >= 4 is 17.7 Å². The van der Waals surface area contributed by atoms with E-state index in [1.807, 2.05) is 6.92 Å². The van der Waals surface area contributed by atoms with Crippen molar-refractivity contribution in [1.29, 1.82) is 0 Å². The zero-order valence-corrected chi connectivity index (χ0v) is 11.7. The third kappa shape index (κ3) is 2.54. The van der Waals surface area contributed by atoms with Gasteiger partial charge in [-0.05, 0) is 6.92 Å². The minimum atomic E-state index is -0.366. The van der Waals surface area contributed by atoms with Crippen molar-refractivity contribution in [2.24, 2.45) is 0 Å². The van der Waals surface area contributed by atoms with Crippen LogP contribution in [0.25, 0.3) is 0 Å². The van der Waals surface area contributed by atoms with Crippen LogP contribution in [0.15, 0.2) is 6.20 Å². The second-order valence-corrected chi connectivity index (χ2v) is 4.51. The Morgan fingerprint density at radius 3 is 2.45 bits per heavy atom. The number of nitrogens with zero attached hydrogens (tertiary/aromatic N) is 4. The number of aryl methyl sites for hydroxylation is 1. The third-order valence-corrected chi connectivity index (χ3v) is 3.37. The molecule has 0 aliphatic carbocycles. The van der Waals surface area contributed by atoms with E-state index >= 15 is 0 Å². The SMILES string of the molecule is CCn1ncc(N)c1C(=O)N1CCN(C(=O)OC)CC1. The van der Waals surface area contributed by atoms with Gasteiger partial charge in [-0.25, -0.2) is 4.79 Å². The lowest BCUT2D eigenvalue weighted by Crippen LogP contribution is -2.51. The summed E-state index contributed by atoms with van der Waals surface area (Å²) in [6.45, 7) is 4.32. The van der Waals surface area contributed by atoms with Crippen LogP contribution >= 0.6 is 0 Å². The van der Waals surface area contributed by atoms with Crippen molar-refractivity contribution in [1.82, 2.24) is 19.6 Å². The summed E-state index contributed by atoms with van der Waals surface area (Å²) in [5.41, 5.74) is 6.60. The summed E-state index contributed by atoms with van der Waals surface area (Å²) >= 11 is 0. The van der Waals surface area contributed by atoms with Gasteiger partial charge in [0.1, 0.15) is 5.69 Å². The minimum absolute atomic E-state index is 0.147. The lowest BCUT2D eigenvalue weighted by molar-refractivity contribution is 0.0590. The van der Waals surface area contributed by atoms with Crippen molar-refractivity contribution in [3.8, 4) is 0 Å². The van der Waals surface area contributed by atoms with Crippen molar-refractivity contribution < 1.29 is 14.3 Å². The van der Waals surface area contributed by atoms with Crippen molar-refractivity contribution in [2.75, 3.05) is 39.0 Å². The Kier molecular flexibility index (Phi) is 4.11. The number of anilines is 1. The molecule has 0 atom stereocenters. The highest BCUT2D eigenvalue weighted by Crippen LogP contribution is 2.15. The van der Waals surface area contributed by atoms with Crippen LogP contribution in [-0.4, -0.2) is 64.9 Å². The molecule has 1 aromatic heterocycles. The highest BCUT2D eigenvalue weighted by molar-refractivity contribution is 5.97. The van der Waals surface area contributed by atoms with Crippen molar-refractivity contribution in [2.45, 2.75) is 13.5 Å². The largest absolute Gasteiger partial charge is 0.453 e. The number of amides is 2. The first-order valence-corrected chi connectivity index (χ1v) is 6.52. The zero-order valence-electron chi connectivity index (χ0n) is 11.7. The molecular weight excluding hydrogens is 262 g/mol. The van der Waals surface area contributed by atoms with Crippen molar-refractivity contribution in [3.05, 3.63) is 11.9 Å². The fourth-order valence-corrected chi connectivity index (χ4v) is 2.24. The molecule has 0 bridgehead atoms. The summed E-state index contributed by atoms with van der Waals surface area (Å²) in [7, 11) is 1.35. The maximum atomic E-state index is 12.5. The van der Waals surface area contributed by atoms with Crippen LogP contribution in [-0.2, 0) is 11.3 Å². The number of hydrogen-bond donors (Lipinski definition) is 1. The molecule has 1 aliphatic rings. The maximum Gasteiger partial charge on any atom is 0.409 e. The average Bonchev–Trinajstić information content (AvgIpc) is 2.86. The molecule has 8 nitrogen and oxygen atoms in total. The summed E-state index contributed by atoms with van der Waals surface area (Å²) in [5.74, 6) is -0.147. The average molecular weight is 281 g/mol. The van der Waals surface area contributed by atoms with Gasteiger partial charge in [0.25, 0.3) is 5.91 Å². The molecule has 110 valence electrons. The predicted molar refractivity (Wildman–Crippen MR) is 72.2 cm³/mol. The van der Waals surface area contributed by atoms with E-state index in [4.69, 9.17) is 5.73 Å². The molecule has 0 aromatic carbocycles. The number of aromatic nitrogens is 2. The molecule has 20 heavy (non-hydrogen) atoms. The van der Waals surface area contributed by atoms with Gasteiger partial charge in [-0.2, -0.15) is 5.10 Å². The molecule has 0 spiro atoms. The maximum absolute atomic E-state index is 12.5. The number of rotatable bonds is 2. The molecule has 2 heterocycles. The number of methoxy groups -OCH3 is 1. The Balaban J connectivity index is 2.05. The van der Waals surface area contributed by atoms with Crippen LogP contribution in [0.2, 0.25) is 0 Å². The minimum Gasteiger partial charge on any atom is -0.453 e. The monoisotopic (exact) mass is 281 g/mol. The van der Waals surface area contributed by atoms with E-state index in [0.29, 0.717) is 44.1 Å². The Bertz CT molecular complexity index is 505. The Morgan fingerprint density at radius 2 is 1.90 bits per heavy atom. The lowest BCUT2D eigenvalue weighted by Gasteiger charge is -2.33. The molecular formula is C12H19N5O3. The fourth-order valence-electron chi connectivity index (χ4n) is 2.24. The smallest absolute Gasteiger partial charge is 0.409 e. The van der Waals surface area contributed by atoms with E-state index < -0.39 is 0 Å². The van der Waals surface area contributed by atoms with Gasteiger partial charge in [-0.1, -0.05) is 0 Å².